The summed E-state index contributed by atoms with van der Waals surface area (Å²) in [6, 6.07) is 5.84. The molecule has 1 aromatic rings. The van der Waals surface area contributed by atoms with Crippen LogP contribution in [0.3, 0.4) is 0 Å². The minimum absolute atomic E-state index is 0.0466. The Morgan fingerprint density at radius 3 is 2.50 bits per heavy atom. The van der Waals surface area contributed by atoms with Crippen LogP contribution >= 0.6 is 11.6 Å². The molecule has 0 aliphatic carbocycles. The molecule has 0 saturated carbocycles. The number of nitrogens with one attached hydrogen (secondary N) is 1. The molecule has 110 valence electrons. The molecule has 0 spiro atoms. The van der Waals surface area contributed by atoms with Crippen molar-refractivity contribution in [2.45, 2.75) is 4.90 Å². The summed E-state index contributed by atoms with van der Waals surface area (Å²) < 4.78 is 25.1. The molecule has 7 nitrogen and oxygen atoms in total. The molecule has 0 heterocycles. The third-order valence-corrected chi connectivity index (χ3v) is 4.63. The van der Waals surface area contributed by atoms with E-state index in [2.05, 4.69) is 5.32 Å². The summed E-state index contributed by atoms with van der Waals surface area (Å²) in [5.41, 5.74) is 0. The number of carboxylic acids is 1. The average Bonchev–Trinajstić information content (AvgIpc) is 2.36. The lowest BCUT2D eigenvalue weighted by atomic mass is 10.4. The molecule has 1 rings (SSSR count). The molecule has 1 amide bonds. The summed E-state index contributed by atoms with van der Waals surface area (Å²) in [6.07, 6.45) is 0. The van der Waals surface area contributed by atoms with Crippen molar-refractivity contribution in [1.82, 2.24) is 9.62 Å². The molecular weight excluding hydrogens is 308 g/mol. The lowest BCUT2D eigenvalue weighted by molar-refractivity contribution is -0.137. The van der Waals surface area contributed by atoms with Crippen LogP contribution in [0.2, 0.25) is 5.02 Å². The minimum atomic E-state index is -3.91. The van der Waals surface area contributed by atoms with E-state index >= 15 is 0 Å². The highest BCUT2D eigenvalue weighted by Crippen LogP contribution is 2.23. The molecule has 0 saturated heterocycles. The predicted octanol–water partition coefficient (Wildman–Crippen LogP) is 0.161. The number of amides is 1. The van der Waals surface area contributed by atoms with E-state index in [9.17, 15) is 18.0 Å². The summed E-state index contributed by atoms with van der Waals surface area (Å²) >= 11 is 5.81. The summed E-state index contributed by atoms with van der Waals surface area (Å²) in [6.45, 7) is -1.07. The van der Waals surface area contributed by atoms with Gasteiger partial charge in [-0.2, -0.15) is 4.31 Å². The topological polar surface area (TPSA) is 104 Å². The monoisotopic (exact) mass is 320 g/mol. The quantitative estimate of drug-likeness (QED) is 0.777. The number of carbonyl (C=O) groups is 2. The van der Waals surface area contributed by atoms with Crippen LogP contribution in [0, 0.1) is 0 Å². The smallest absolute Gasteiger partial charge is 0.322 e. The predicted molar refractivity (Wildman–Crippen MR) is 71.9 cm³/mol. The Morgan fingerprint density at radius 1 is 1.35 bits per heavy atom. The van der Waals surface area contributed by atoms with Gasteiger partial charge in [0.1, 0.15) is 11.4 Å². The fourth-order valence-electron chi connectivity index (χ4n) is 1.34. The van der Waals surface area contributed by atoms with Gasteiger partial charge >= 0.3 is 5.97 Å². The van der Waals surface area contributed by atoms with E-state index in [-0.39, 0.29) is 9.92 Å². The van der Waals surface area contributed by atoms with E-state index in [1.807, 2.05) is 0 Å². The van der Waals surface area contributed by atoms with Gasteiger partial charge in [0.25, 0.3) is 0 Å². The molecule has 20 heavy (non-hydrogen) atoms. The number of carbonyl (C=O) groups excluding carboxylic acids is 1. The van der Waals surface area contributed by atoms with Crippen LogP contribution in [0.5, 0.6) is 0 Å². The first-order valence-electron chi connectivity index (χ1n) is 5.44. The number of aliphatic carboxylic acids is 1. The van der Waals surface area contributed by atoms with Crippen molar-refractivity contribution in [3.8, 4) is 0 Å². The largest absolute Gasteiger partial charge is 0.480 e. The molecule has 0 atom stereocenters. The molecular formula is C11H13ClN2O5S. The van der Waals surface area contributed by atoms with Gasteiger partial charge in [0.05, 0.1) is 11.6 Å². The van der Waals surface area contributed by atoms with E-state index in [1.165, 1.54) is 25.2 Å². The number of sulfonamides is 1. The van der Waals surface area contributed by atoms with Crippen molar-refractivity contribution < 1.29 is 23.1 Å². The van der Waals surface area contributed by atoms with Crippen LogP contribution in [0.15, 0.2) is 29.2 Å². The maximum Gasteiger partial charge on any atom is 0.322 e. The molecule has 9 heteroatoms. The maximum absolute atomic E-state index is 12.2. The highest BCUT2D eigenvalue weighted by molar-refractivity contribution is 7.89. The van der Waals surface area contributed by atoms with Gasteiger partial charge in [-0.15, -0.1) is 0 Å². The van der Waals surface area contributed by atoms with Gasteiger partial charge < -0.3 is 10.4 Å². The maximum atomic E-state index is 12.2. The molecule has 1 aromatic carbocycles. The minimum Gasteiger partial charge on any atom is -0.480 e. The van der Waals surface area contributed by atoms with Crippen LogP contribution < -0.4 is 5.32 Å². The van der Waals surface area contributed by atoms with Crippen molar-refractivity contribution in [2.24, 2.45) is 0 Å². The Balaban J connectivity index is 2.81. The van der Waals surface area contributed by atoms with Crippen LogP contribution in [-0.4, -0.2) is 49.8 Å². The summed E-state index contributed by atoms with van der Waals surface area (Å²) in [5.74, 6) is -1.93. The number of likely N-dealkylation sites (N-methyl/N-ethyl adjacent to an activating group) is 1. The van der Waals surface area contributed by atoms with E-state index < -0.39 is 35.0 Å². The first kappa shape index (κ1) is 16.4. The third kappa shape index (κ3) is 4.19. The van der Waals surface area contributed by atoms with Gasteiger partial charge in [-0.1, -0.05) is 23.7 Å². The van der Waals surface area contributed by atoms with Crippen LogP contribution in [0.1, 0.15) is 0 Å². The number of nitrogens with zero attached hydrogens (tertiary/aromatic N) is 1. The highest BCUT2D eigenvalue weighted by Gasteiger charge is 2.25. The highest BCUT2D eigenvalue weighted by atomic mass is 35.5. The Hall–Kier alpha value is -1.64. The van der Waals surface area contributed by atoms with Gasteiger partial charge in [0.15, 0.2) is 0 Å². The summed E-state index contributed by atoms with van der Waals surface area (Å²) in [4.78, 5) is 21.6. The van der Waals surface area contributed by atoms with Gasteiger partial charge in [0.2, 0.25) is 15.9 Å². The molecule has 0 radical (unpaired) electrons. The van der Waals surface area contributed by atoms with Crippen LogP contribution in [0.4, 0.5) is 0 Å². The molecule has 0 unspecified atom stereocenters. The summed E-state index contributed by atoms with van der Waals surface area (Å²) in [7, 11) is -2.70. The Bertz CT molecular complexity index is 617. The lowest BCUT2D eigenvalue weighted by Gasteiger charge is -2.17. The number of hydrogen-bond donors (Lipinski definition) is 2. The third-order valence-electron chi connectivity index (χ3n) is 2.33. The van der Waals surface area contributed by atoms with E-state index in [1.54, 1.807) is 6.07 Å². The van der Waals surface area contributed by atoms with Gasteiger partial charge in [-0.25, -0.2) is 8.42 Å². The fourth-order valence-corrected chi connectivity index (χ4v) is 2.96. The number of rotatable bonds is 6. The average molecular weight is 321 g/mol. The Labute approximate surface area is 121 Å². The van der Waals surface area contributed by atoms with E-state index in [4.69, 9.17) is 16.7 Å². The molecule has 0 fully saturated rings. The SMILES string of the molecule is CN(CC(=O)NCC(=O)O)S(=O)(=O)c1ccccc1Cl. The van der Waals surface area contributed by atoms with Gasteiger partial charge in [-0.3, -0.25) is 9.59 Å². The van der Waals surface area contributed by atoms with Crippen molar-refractivity contribution in [3.05, 3.63) is 29.3 Å². The zero-order valence-corrected chi connectivity index (χ0v) is 12.1. The number of carboxylic acid groups (broad SMARTS) is 1. The van der Waals surface area contributed by atoms with Crippen molar-refractivity contribution in [3.63, 3.8) is 0 Å². The van der Waals surface area contributed by atoms with Gasteiger partial charge in [-0.05, 0) is 12.1 Å². The van der Waals surface area contributed by atoms with Crippen molar-refractivity contribution >= 4 is 33.5 Å². The standard InChI is InChI=1S/C11H13ClN2O5S/c1-14(7-10(15)13-6-11(16)17)20(18,19)9-5-3-2-4-8(9)12/h2-5H,6-7H2,1H3,(H,13,15)(H,16,17). The second-order valence-corrected chi connectivity index (χ2v) is 6.28. The second kappa shape index (κ2) is 6.69. The molecule has 2 N–H and O–H groups in total. The first-order valence-corrected chi connectivity index (χ1v) is 7.26. The molecule has 0 aromatic heterocycles. The first-order chi connectivity index (χ1) is 9.25. The van der Waals surface area contributed by atoms with E-state index in [0.717, 1.165) is 4.31 Å². The van der Waals surface area contributed by atoms with Crippen LogP contribution in [-0.2, 0) is 19.6 Å². The zero-order valence-electron chi connectivity index (χ0n) is 10.5. The Morgan fingerprint density at radius 2 is 1.95 bits per heavy atom. The number of hydrogen-bond acceptors (Lipinski definition) is 4. The fraction of sp³-hybridized carbons (Fsp3) is 0.273. The number of benzene rings is 1. The lowest BCUT2D eigenvalue weighted by Crippen LogP contribution is -2.40. The number of halogens is 1. The van der Waals surface area contributed by atoms with Crippen LogP contribution in [0.25, 0.3) is 0 Å². The van der Waals surface area contributed by atoms with Crippen molar-refractivity contribution in [2.75, 3.05) is 20.1 Å². The molecule has 0 aliphatic rings. The zero-order chi connectivity index (χ0) is 15.3. The molecule has 0 aliphatic heterocycles. The second-order valence-electron chi connectivity index (χ2n) is 3.86. The van der Waals surface area contributed by atoms with Crippen molar-refractivity contribution in [1.29, 1.82) is 0 Å². The Kier molecular flexibility index (Phi) is 5.49. The summed E-state index contributed by atoms with van der Waals surface area (Å²) in [5, 5.41) is 10.5. The normalized spacial score (nSPS) is 11.3. The van der Waals surface area contributed by atoms with E-state index in [0.29, 0.717) is 0 Å². The van der Waals surface area contributed by atoms with Gasteiger partial charge in [0, 0.05) is 7.05 Å². The molecule has 0 bridgehead atoms.